The van der Waals surface area contributed by atoms with Crippen LogP contribution in [0.15, 0.2) is 0 Å². The van der Waals surface area contributed by atoms with Crippen LogP contribution in [0.3, 0.4) is 0 Å². The predicted molar refractivity (Wildman–Crippen MR) is 54.5 cm³/mol. The van der Waals surface area contributed by atoms with E-state index >= 15 is 0 Å². The van der Waals surface area contributed by atoms with Gasteiger partial charge in [0.1, 0.15) is 0 Å². The molecule has 0 aromatic heterocycles. The largest absolute Gasteiger partial charge is 0.396 e. The molecule has 0 bridgehead atoms. The lowest BCUT2D eigenvalue weighted by molar-refractivity contribution is 0.122. The van der Waals surface area contributed by atoms with Gasteiger partial charge in [-0.25, -0.2) is 0 Å². The third-order valence-electron chi connectivity index (χ3n) is 2.94. The first-order chi connectivity index (χ1) is 6.26. The van der Waals surface area contributed by atoms with Crippen molar-refractivity contribution in [1.29, 1.82) is 0 Å². The minimum absolute atomic E-state index is 0.361. The Bertz CT molecular complexity index is 133. The summed E-state index contributed by atoms with van der Waals surface area (Å²) >= 11 is 0. The first-order valence-electron chi connectivity index (χ1n) is 5.29. The summed E-state index contributed by atoms with van der Waals surface area (Å²) < 4.78 is 0. The highest BCUT2D eigenvalue weighted by atomic mass is 16.3. The summed E-state index contributed by atoms with van der Waals surface area (Å²) in [4.78, 5) is 2.46. The van der Waals surface area contributed by atoms with Crippen LogP contribution in [0.1, 0.15) is 19.8 Å². The molecule has 0 aromatic carbocycles. The van der Waals surface area contributed by atoms with E-state index in [1.54, 1.807) is 0 Å². The van der Waals surface area contributed by atoms with Crippen LogP contribution < -0.4 is 5.73 Å². The molecule has 1 heterocycles. The summed E-state index contributed by atoms with van der Waals surface area (Å²) in [5.74, 6) is 1.15. The number of nitrogens with zero attached hydrogens (tertiary/aromatic N) is 1. The second-order valence-electron chi connectivity index (χ2n) is 4.27. The zero-order chi connectivity index (χ0) is 9.68. The Morgan fingerprint density at radius 2 is 2.08 bits per heavy atom. The number of hydrogen-bond acceptors (Lipinski definition) is 3. The van der Waals surface area contributed by atoms with Gasteiger partial charge < -0.3 is 15.7 Å². The fourth-order valence-corrected chi connectivity index (χ4v) is 1.87. The molecule has 3 N–H and O–H groups in total. The van der Waals surface area contributed by atoms with E-state index in [9.17, 15) is 0 Å². The van der Waals surface area contributed by atoms with Crippen molar-refractivity contribution < 1.29 is 5.11 Å². The van der Waals surface area contributed by atoms with Crippen molar-refractivity contribution in [3.8, 4) is 0 Å². The first-order valence-corrected chi connectivity index (χ1v) is 5.29. The Labute approximate surface area is 80.9 Å². The standard InChI is InChI=1S/C10H22N2O/c1-9(6-11)7-12-4-2-10(8-13)3-5-12/h9-10,13H,2-8,11H2,1H3. The molecule has 0 amide bonds. The van der Waals surface area contributed by atoms with Gasteiger partial charge in [0.25, 0.3) is 0 Å². The highest BCUT2D eigenvalue weighted by Gasteiger charge is 2.18. The van der Waals surface area contributed by atoms with Gasteiger partial charge in [-0.3, -0.25) is 0 Å². The van der Waals surface area contributed by atoms with E-state index in [-0.39, 0.29) is 0 Å². The van der Waals surface area contributed by atoms with E-state index in [0.29, 0.717) is 18.4 Å². The molecule has 0 radical (unpaired) electrons. The van der Waals surface area contributed by atoms with Crippen molar-refractivity contribution in [2.75, 3.05) is 32.8 Å². The molecule has 0 aromatic rings. The van der Waals surface area contributed by atoms with E-state index in [1.807, 2.05) is 0 Å². The number of nitrogens with two attached hydrogens (primary N) is 1. The van der Waals surface area contributed by atoms with Gasteiger partial charge in [-0.2, -0.15) is 0 Å². The van der Waals surface area contributed by atoms with Crippen LogP contribution in [0, 0.1) is 11.8 Å². The van der Waals surface area contributed by atoms with Gasteiger partial charge in [0.2, 0.25) is 0 Å². The fraction of sp³-hybridized carbons (Fsp3) is 1.00. The first kappa shape index (κ1) is 11.0. The average molecular weight is 186 g/mol. The maximum Gasteiger partial charge on any atom is 0.0460 e. The Morgan fingerprint density at radius 1 is 1.46 bits per heavy atom. The summed E-state index contributed by atoms with van der Waals surface area (Å²) in [6.07, 6.45) is 2.29. The van der Waals surface area contributed by atoms with E-state index in [0.717, 1.165) is 39.0 Å². The van der Waals surface area contributed by atoms with Gasteiger partial charge in [-0.15, -0.1) is 0 Å². The molecule has 1 aliphatic rings. The minimum Gasteiger partial charge on any atom is -0.396 e. The van der Waals surface area contributed by atoms with Crippen LogP contribution in [-0.4, -0.2) is 42.8 Å². The molecule has 1 fully saturated rings. The molecule has 3 heteroatoms. The molecule has 13 heavy (non-hydrogen) atoms. The smallest absolute Gasteiger partial charge is 0.0460 e. The molecular formula is C10H22N2O. The van der Waals surface area contributed by atoms with Crippen LogP contribution >= 0.6 is 0 Å². The van der Waals surface area contributed by atoms with Crippen molar-refractivity contribution in [2.24, 2.45) is 17.6 Å². The van der Waals surface area contributed by atoms with Gasteiger partial charge in [0.05, 0.1) is 0 Å². The lowest BCUT2D eigenvalue weighted by Gasteiger charge is -2.32. The van der Waals surface area contributed by atoms with Gasteiger partial charge in [0, 0.05) is 13.2 Å². The second kappa shape index (κ2) is 5.58. The fourth-order valence-electron chi connectivity index (χ4n) is 1.87. The van der Waals surface area contributed by atoms with E-state index in [2.05, 4.69) is 11.8 Å². The van der Waals surface area contributed by atoms with Gasteiger partial charge >= 0.3 is 0 Å². The van der Waals surface area contributed by atoms with Crippen LogP contribution in [-0.2, 0) is 0 Å². The van der Waals surface area contributed by atoms with Crippen LogP contribution in [0.25, 0.3) is 0 Å². The quantitative estimate of drug-likeness (QED) is 0.663. The molecular weight excluding hydrogens is 164 g/mol. The topological polar surface area (TPSA) is 49.5 Å². The zero-order valence-corrected chi connectivity index (χ0v) is 8.58. The molecule has 1 aliphatic heterocycles. The predicted octanol–water partition coefficient (Wildman–Crippen LogP) is 0.285. The van der Waals surface area contributed by atoms with Crippen LogP contribution in [0.5, 0.6) is 0 Å². The third kappa shape index (κ3) is 3.63. The van der Waals surface area contributed by atoms with E-state index in [1.165, 1.54) is 0 Å². The third-order valence-corrected chi connectivity index (χ3v) is 2.94. The molecule has 0 saturated carbocycles. The van der Waals surface area contributed by atoms with E-state index < -0.39 is 0 Å². The van der Waals surface area contributed by atoms with Crippen molar-refractivity contribution in [1.82, 2.24) is 4.90 Å². The number of piperidine rings is 1. The van der Waals surface area contributed by atoms with Crippen molar-refractivity contribution in [3.05, 3.63) is 0 Å². The van der Waals surface area contributed by atoms with Gasteiger partial charge in [-0.1, -0.05) is 6.92 Å². The Morgan fingerprint density at radius 3 is 2.54 bits per heavy atom. The molecule has 1 atom stereocenters. The van der Waals surface area contributed by atoms with E-state index in [4.69, 9.17) is 10.8 Å². The highest BCUT2D eigenvalue weighted by molar-refractivity contribution is 4.73. The summed E-state index contributed by atoms with van der Waals surface area (Å²) in [7, 11) is 0. The van der Waals surface area contributed by atoms with Crippen LogP contribution in [0.2, 0.25) is 0 Å². The SMILES string of the molecule is CC(CN)CN1CCC(CO)CC1. The molecule has 1 saturated heterocycles. The highest BCUT2D eigenvalue weighted by Crippen LogP contribution is 2.16. The molecule has 0 aliphatic carbocycles. The summed E-state index contributed by atoms with van der Waals surface area (Å²) in [5.41, 5.74) is 5.58. The zero-order valence-electron chi connectivity index (χ0n) is 8.58. The monoisotopic (exact) mass is 186 g/mol. The number of rotatable bonds is 4. The van der Waals surface area contributed by atoms with Crippen molar-refractivity contribution >= 4 is 0 Å². The number of aliphatic hydroxyl groups is 1. The lowest BCUT2D eigenvalue weighted by atomic mass is 9.97. The molecule has 1 rings (SSSR count). The Kier molecular flexibility index (Phi) is 4.70. The molecule has 1 unspecified atom stereocenters. The maximum absolute atomic E-state index is 8.97. The molecule has 78 valence electrons. The Hall–Kier alpha value is -0.120. The van der Waals surface area contributed by atoms with Gasteiger partial charge in [0.15, 0.2) is 0 Å². The maximum atomic E-state index is 8.97. The normalized spacial score (nSPS) is 23.3. The molecule has 0 spiro atoms. The van der Waals surface area contributed by atoms with Gasteiger partial charge in [-0.05, 0) is 44.3 Å². The van der Waals surface area contributed by atoms with Crippen molar-refractivity contribution in [2.45, 2.75) is 19.8 Å². The van der Waals surface area contributed by atoms with Crippen molar-refractivity contribution in [3.63, 3.8) is 0 Å². The molecule has 3 nitrogen and oxygen atoms in total. The summed E-state index contributed by atoms with van der Waals surface area (Å²) in [6.45, 7) is 6.72. The summed E-state index contributed by atoms with van der Waals surface area (Å²) in [6, 6.07) is 0. The number of aliphatic hydroxyl groups excluding tert-OH is 1. The number of hydrogen-bond donors (Lipinski definition) is 2. The lowest BCUT2D eigenvalue weighted by Crippen LogP contribution is -2.38. The second-order valence-corrected chi connectivity index (χ2v) is 4.27. The summed E-state index contributed by atoms with van der Waals surface area (Å²) in [5, 5.41) is 8.97. The average Bonchev–Trinajstić information content (AvgIpc) is 2.19. The number of likely N-dealkylation sites (tertiary alicyclic amines) is 1. The Balaban J connectivity index is 2.17. The minimum atomic E-state index is 0.361. The van der Waals surface area contributed by atoms with Crippen LogP contribution in [0.4, 0.5) is 0 Å².